The van der Waals surface area contributed by atoms with Crippen LogP contribution in [0.25, 0.3) is 11.4 Å². The van der Waals surface area contributed by atoms with Gasteiger partial charge in [0.05, 0.1) is 10.0 Å². The number of aromatic nitrogens is 3. The maximum absolute atomic E-state index is 5.91. The zero-order valence-electron chi connectivity index (χ0n) is 6.86. The first-order valence-electron chi connectivity index (χ1n) is 3.65. The molecule has 0 amide bonds. The monoisotopic (exact) mass is 211 g/mol. The van der Waals surface area contributed by atoms with Crippen LogP contribution >= 0.6 is 22.9 Å². The zero-order chi connectivity index (χ0) is 9.26. The van der Waals surface area contributed by atoms with Gasteiger partial charge >= 0.3 is 0 Å². The topological polar surface area (TPSA) is 38.7 Å². The van der Waals surface area contributed by atoms with Gasteiger partial charge in [-0.1, -0.05) is 11.6 Å². The molecule has 0 aliphatic heterocycles. The van der Waals surface area contributed by atoms with Gasteiger partial charge in [0.15, 0.2) is 0 Å². The summed E-state index contributed by atoms with van der Waals surface area (Å²) < 4.78 is 0. The van der Waals surface area contributed by atoms with Gasteiger partial charge < -0.3 is 0 Å². The lowest BCUT2D eigenvalue weighted by Gasteiger charge is -1.96. The molecular formula is C8H6ClN3S. The van der Waals surface area contributed by atoms with Crippen molar-refractivity contribution in [2.75, 3.05) is 0 Å². The molecule has 0 spiro atoms. The minimum Gasteiger partial charge on any atom is -0.243 e. The summed E-state index contributed by atoms with van der Waals surface area (Å²) in [4.78, 5) is 12.2. The van der Waals surface area contributed by atoms with Crippen LogP contribution in [0.2, 0.25) is 5.02 Å². The van der Waals surface area contributed by atoms with Crippen molar-refractivity contribution in [3.8, 4) is 11.4 Å². The van der Waals surface area contributed by atoms with Crippen molar-refractivity contribution < 1.29 is 0 Å². The molecule has 13 heavy (non-hydrogen) atoms. The lowest BCUT2D eigenvalue weighted by atomic mass is 10.3. The Kier molecular flexibility index (Phi) is 2.24. The molecule has 0 atom stereocenters. The van der Waals surface area contributed by atoms with Gasteiger partial charge in [0.25, 0.3) is 0 Å². The van der Waals surface area contributed by atoms with Crippen LogP contribution in [0.15, 0.2) is 17.9 Å². The molecule has 0 aromatic carbocycles. The van der Waals surface area contributed by atoms with Crippen LogP contribution in [0.5, 0.6) is 0 Å². The standard InChI is InChI=1S/C8H6ClN3S/c1-5-12-7(3-13-5)8-6(9)2-10-4-11-8/h2-4H,1H3. The maximum atomic E-state index is 5.91. The van der Waals surface area contributed by atoms with Gasteiger partial charge in [0.1, 0.15) is 17.7 Å². The molecule has 2 rings (SSSR count). The third-order valence-corrected chi connectivity index (χ3v) is 2.58. The number of hydrogen-bond acceptors (Lipinski definition) is 4. The van der Waals surface area contributed by atoms with Gasteiger partial charge in [-0.25, -0.2) is 15.0 Å². The highest BCUT2D eigenvalue weighted by molar-refractivity contribution is 7.09. The van der Waals surface area contributed by atoms with Crippen molar-refractivity contribution in [2.45, 2.75) is 6.92 Å². The summed E-state index contributed by atoms with van der Waals surface area (Å²) in [7, 11) is 0. The van der Waals surface area contributed by atoms with Crippen LogP contribution in [-0.2, 0) is 0 Å². The van der Waals surface area contributed by atoms with E-state index in [4.69, 9.17) is 11.6 Å². The summed E-state index contributed by atoms with van der Waals surface area (Å²) in [6.07, 6.45) is 3.04. The summed E-state index contributed by atoms with van der Waals surface area (Å²) in [5, 5.41) is 3.47. The van der Waals surface area contributed by atoms with Crippen molar-refractivity contribution >= 4 is 22.9 Å². The predicted octanol–water partition coefficient (Wildman–Crippen LogP) is 2.56. The Morgan fingerprint density at radius 3 is 2.92 bits per heavy atom. The molecule has 0 saturated heterocycles. The van der Waals surface area contributed by atoms with Crippen molar-refractivity contribution in [2.24, 2.45) is 0 Å². The second kappa shape index (κ2) is 3.40. The number of halogens is 1. The van der Waals surface area contributed by atoms with Crippen molar-refractivity contribution in [1.82, 2.24) is 15.0 Å². The van der Waals surface area contributed by atoms with Gasteiger partial charge in [-0.3, -0.25) is 0 Å². The van der Waals surface area contributed by atoms with E-state index >= 15 is 0 Å². The molecule has 0 saturated carbocycles. The van der Waals surface area contributed by atoms with E-state index in [-0.39, 0.29) is 0 Å². The van der Waals surface area contributed by atoms with E-state index in [2.05, 4.69) is 15.0 Å². The molecule has 0 radical (unpaired) electrons. The fourth-order valence-electron chi connectivity index (χ4n) is 0.973. The van der Waals surface area contributed by atoms with Crippen LogP contribution in [-0.4, -0.2) is 15.0 Å². The Bertz CT molecular complexity index is 427. The van der Waals surface area contributed by atoms with Crippen LogP contribution in [0.3, 0.4) is 0 Å². The minimum absolute atomic E-state index is 0.535. The summed E-state index contributed by atoms with van der Waals surface area (Å²) in [6, 6.07) is 0. The van der Waals surface area contributed by atoms with E-state index in [1.807, 2.05) is 12.3 Å². The molecule has 2 aromatic rings. The average Bonchev–Trinajstić information content (AvgIpc) is 2.53. The van der Waals surface area contributed by atoms with Gasteiger partial charge in [-0.05, 0) is 6.92 Å². The van der Waals surface area contributed by atoms with Crippen molar-refractivity contribution in [1.29, 1.82) is 0 Å². The Labute approximate surface area is 84.5 Å². The largest absolute Gasteiger partial charge is 0.243 e. The third-order valence-electron chi connectivity index (χ3n) is 1.53. The summed E-state index contributed by atoms with van der Waals surface area (Å²) in [5.74, 6) is 0. The van der Waals surface area contributed by atoms with Gasteiger partial charge in [0.2, 0.25) is 0 Å². The van der Waals surface area contributed by atoms with Crippen molar-refractivity contribution in [3.05, 3.63) is 27.9 Å². The smallest absolute Gasteiger partial charge is 0.116 e. The number of rotatable bonds is 1. The molecule has 0 aliphatic carbocycles. The fraction of sp³-hybridized carbons (Fsp3) is 0.125. The molecular weight excluding hydrogens is 206 g/mol. The molecule has 3 nitrogen and oxygen atoms in total. The fourth-order valence-corrected chi connectivity index (χ4v) is 1.77. The van der Waals surface area contributed by atoms with E-state index in [0.717, 1.165) is 10.7 Å². The second-order valence-corrected chi connectivity index (χ2v) is 3.94. The normalized spacial score (nSPS) is 10.3. The molecule has 0 N–H and O–H groups in total. The lowest BCUT2D eigenvalue weighted by Crippen LogP contribution is -1.86. The number of thiazole rings is 1. The SMILES string of the molecule is Cc1nc(-c2ncncc2Cl)cs1. The van der Waals surface area contributed by atoms with Crippen molar-refractivity contribution in [3.63, 3.8) is 0 Å². The van der Waals surface area contributed by atoms with Gasteiger partial charge in [0, 0.05) is 11.6 Å². The van der Waals surface area contributed by atoms with E-state index in [1.54, 1.807) is 17.5 Å². The Morgan fingerprint density at radius 1 is 1.46 bits per heavy atom. The lowest BCUT2D eigenvalue weighted by molar-refractivity contribution is 1.15. The Balaban J connectivity index is 2.52. The van der Waals surface area contributed by atoms with Crippen LogP contribution < -0.4 is 0 Å². The van der Waals surface area contributed by atoms with Crippen LogP contribution in [0.1, 0.15) is 5.01 Å². The first-order chi connectivity index (χ1) is 6.27. The maximum Gasteiger partial charge on any atom is 0.116 e. The first kappa shape index (κ1) is 8.59. The summed E-state index contributed by atoms with van der Waals surface area (Å²) in [6.45, 7) is 1.95. The second-order valence-electron chi connectivity index (χ2n) is 2.47. The van der Waals surface area contributed by atoms with E-state index in [9.17, 15) is 0 Å². The molecule has 0 unspecified atom stereocenters. The average molecular weight is 212 g/mol. The number of hydrogen-bond donors (Lipinski definition) is 0. The van der Waals surface area contributed by atoms with Crippen LogP contribution in [0, 0.1) is 6.92 Å². The molecule has 5 heteroatoms. The quantitative estimate of drug-likeness (QED) is 0.728. The number of aryl methyl sites for hydroxylation is 1. The number of nitrogens with zero attached hydrogens (tertiary/aromatic N) is 3. The molecule has 0 fully saturated rings. The molecule has 2 heterocycles. The third kappa shape index (κ3) is 1.68. The highest BCUT2D eigenvalue weighted by Gasteiger charge is 2.07. The Morgan fingerprint density at radius 2 is 2.31 bits per heavy atom. The zero-order valence-corrected chi connectivity index (χ0v) is 8.43. The highest BCUT2D eigenvalue weighted by Crippen LogP contribution is 2.25. The van der Waals surface area contributed by atoms with E-state index in [0.29, 0.717) is 10.7 Å². The molecule has 2 aromatic heterocycles. The summed E-state index contributed by atoms with van der Waals surface area (Å²) >= 11 is 7.49. The highest BCUT2D eigenvalue weighted by atomic mass is 35.5. The summed E-state index contributed by atoms with van der Waals surface area (Å²) in [5.41, 5.74) is 1.51. The molecule has 66 valence electrons. The minimum atomic E-state index is 0.535. The molecule has 0 aliphatic rings. The molecule has 0 bridgehead atoms. The van der Waals surface area contributed by atoms with Gasteiger partial charge in [-0.15, -0.1) is 11.3 Å². The first-order valence-corrected chi connectivity index (χ1v) is 4.91. The van der Waals surface area contributed by atoms with E-state index < -0.39 is 0 Å². The van der Waals surface area contributed by atoms with E-state index in [1.165, 1.54) is 6.33 Å². The Hall–Kier alpha value is -1.000. The van der Waals surface area contributed by atoms with Crippen LogP contribution in [0.4, 0.5) is 0 Å². The van der Waals surface area contributed by atoms with Gasteiger partial charge in [-0.2, -0.15) is 0 Å². The predicted molar refractivity (Wildman–Crippen MR) is 52.9 cm³/mol.